The van der Waals surface area contributed by atoms with Gasteiger partial charge in [-0.05, 0) is 31.7 Å². The van der Waals surface area contributed by atoms with Gasteiger partial charge >= 0.3 is 0 Å². The molecule has 0 aliphatic carbocycles. The zero-order valence-corrected chi connectivity index (χ0v) is 11.0. The number of nitrogens with zero attached hydrogens (tertiary/aromatic N) is 1. The van der Waals surface area contributed by atoms with Crippen molar-refractivity contribution in [2.45, 2.75) is 25.4 Å². The molecule has 2 aliphatic rings. The molecule has 0 spiro atoms. The molecule has 0 aromatic heterocycles. The molecule has 0 saturated carbocycles. The van der Waals surface area contributed by atoms with Gasteiger partial charge in [-0.3, -0.25) is 4.90 Å². The Balaban J connectivity index is 1.52. The zero-order chi connectivity index (χ0) is 11.9. The lowest BCUT2D eigenvalue weighted by Gasteiger charge is -2.31. The monoisotopic (exact) mass is 242 g/mol. The van der Waals surface area contributed by atoms with Gasteiger partial charge < -0.3 is 14.8 Å². The van der Waals surface area contributed by atoms with Gasteiger partial charge in [0.1, 0.15) is 0 Å². The summed E-state index contributed by atoms with van der Waals surface area (Å²) >= 11 is 0. The van der Waals surface area contributed by atoms with Crippen molar-refractivity contribution in [3.8, 4) is 0 Å². The summed E-state index contributed by atoms with van der Waals surface area (Å²) in [5.41, 5.74) is 0. The molecule has 17 heavy (non-hydrogen) atoms. The minimum absolute atomic E-state index is 0.451. The first kappa shape index (κ1) is 13.3. The van der Waals surface area contributed by atoms with Crippen LogP contribution in [0.15, 0.2) is 0 Å². The maximum Gasteiger partial charge on any atom is 0.0698 e. The van der Waals surface area contributed by atoms with Crippen LogP contribution in [0.3, 0.4) is 0 Å². The number of rotatable bonds is 6. The van der Waals surface area contributed by atoms with Gasteiger partial charge in [-0.1, -0.05) is 0 Å². The van der Waals surface area contributed by atoms with Crippen molar-refractivity contribution in [3.05, 3.63) is 0 Å². The topological polar surface area (TPSA) is 33.7 Å². The zero-order valence-electron chi connectivity index (χ0n) is 11.0. The Labute approximate surface area is 105 Å². The molecule has 4 nitrogen and oxygen atoms in total. The molecule has 0 aromatic rings. The number of hydrogen-bond acceptors (Lipinski definition) is 4. The summed E-state index contributed by atoms with van der Waals surface area (Å²) in [4.78, 5) is 2.51. The Hall–Kier alpha value is -0.160. The highest BCUT2D eigenvalue weighted by atomic mass is 16.5. The normalized spacial score (nSPS) is 30.9. The lowest BCUT2D eigenvalue weighted by Crippen LogP contribution is -2.42. The van der Waals surface area contributed by atoms with Crippen molar-refractivity contribution in [1.29, 1.82) is 0 Å². The molecule has 100 valence electrons. The first-order chi connectivity index (χ1) is 8.38. The minimum Gasteiger partial charge on any atom is -0.381 e. The van der Waals surface area contributed by atoms with E-state index in [1.54, 1.807) is 0 Å². The van der Waals surface area contributed by atoms with E-state index in [0.29, 0.717) is 6.10 Å². The highest BCUT2D eigenvalue weighted by molar-refractivity contribution is 4.74. The number of hydrogen-bond donors (Lipinski definition) is 1. The molecule has 0 radical (unpaired) electrons. The first-order valence-corrected chi connectivity index (χ1v) is 6.92. The SMILES string of the molecule is COC1CCCN(CCNCC2CCOC2)C1. The van der Waals surface area contributed by atoms with Crippen molar-refractivity contribution in [2.75, 3.05) is 53.0 Å². The van der Waals surface area contributed by atoms with Gasteiger partial charge in [-0.25, -0.2) is 0 Å². The predicted molar refractivity (Wildman–Crippen MR) is 68.3 cm³/mol. The van der Waals surface area contributed by atoms with Crippen LogP contribution in [-0.2, 0) is 9.47 Å². The van der Waals surface area contributed by atoms with Crippen LogP contribution in [0.5, 0.6) is 0 Å². The van der Waals surface area contributed by atoms with Crippen molar-refractivity contribution in [3.63, 3.8) is 0 Å². The van der Waals surface area contributed by atoms with E-state index in [2.05, 4.69) is 10.2 Å². The smallest absolute Gasteiger partial charge is 0.0698 e. The van der Waals surface area contributed by atoms with Crippen LogP contribution in [0.1, 0.15) is 19.3 Å². The van der Waals surface area contributed by atoms with Gasteiger partial charge in [-0.15, -0.1) is 0 Å². The highest BCUT2D eigenvalue weighted by Gasteiger charge is 2.19. The van der Waals surface area contributed by atoms with E-state index in [0.717, 1.165) is 45.3 Å². The van der Waals surface area contributed by atoms with Crippen LogP contribution in [-0.4, -0.2) is 64.1 Å². The van der Waals surface area contributed by atoms with E-state index in [1.165, 1.54) is 25.8 Å². The number of piperidine rings is 1. The molecule has 2 aliphatic heterocycles. The predicted octanol–water partition coefficient (Wildman–Crippen LogP) is 0.723. The second-order valence-corrected chi connectivity index (χ2v) is 5.23. The van der Waals surface area contributed by atoms with Crippen LogP contribution in [0.25, 0.3) is 0 Å². The van der Waals surface area contributed by atoms with Crippen LogP contribution in [0.2, 0.25) is 0 Å². The van der Waals surface area contributed by atoms with Gasteiger partial charge in [-0.2, -0.15) is 0 Å². The maximum atomic E-state index is 5.43. The summed E-state index contributed by atoms with van der Waals surface area (Å²) in [6.07, 6.45) is 4.17. The minimum atomic E-state index is 0.451. The average Bonchev–Trinajstić information content (AvgIpc) is 2.88. The third-order valence-electron chi connectivity index (χ3n) is 3.86. The summed E-state index contributed by atoms with van der Waals surface area (Å²) in [6, 6.07) is 0. The number of methoxy groups -OCH3 is 1. The number of ether oxygens (including phenoxy) is 2. The van der Waals surface area contributed by atoms with Crippen LogP contribution < -0.4 is 5.32 Å². The van der Waals surface area contributed by atoms with Gasteiger partial charge in [0.2, 0.25) is 0 Å². The second-order valence-electron chi connectivity index (χ2n) is 5.23. The van der Waals surface area contributed by atoms with Crippen molar-refractivity contribution >= 4 is 0 Å². The Morgan fingerprint density at radius 2 is 2.35 bits per heavy atom. The molecule has 0 amide bonds. The lowest BCUT2D eigenvalue weighted by atomic mass is 10.1. The van der Waals surface area contributed by atoms with E-state index in [1.807, 2.05) is 7.11 Å². The van der Waals surface area contributed by atoms with Crippen molar-refractivity contribution < 1.29 is 9.47 Å². The summed E-state index contributed by atoms with van der Waals surface area (Å²) in [5, 5.41) is 3.54. The van der Waals surface area contributed by atoms with Crippen LogP contribution in [0, 0.1) is 5.92 Å². The summed E-state index contributed by atoms with van der Waals surface area (Å²) in [5.74, 6) is 0.739. The molecule has 0 bridgehead atoms. The van der Waals surface area contributed by atoms with E-state index < -0.39 is 0 Å². The van der Waals surface area contributed by atoms with Crippen molar-refractivity contribution in [1.82, 2.24) is 10.2 Å². The van der Waals surface area contributed by atoms with Crippen molar-refractivity contribution in [2.24, 2.45) is 5.92 Å². The molecule has 1 N–H and O–H groups in total. The molecule has 2 heterocycles. The van der Waals surface area contributed by atoms with E-state index in [-0.39, 0.29) is 0 Å². The molecule has 2 saturated heterocycles. The maximum absolute atomic E-state index is 5.43. The molecule has 2 fully saturated rings. The van der Waals surface area contributed by atoms with E-state index >= 15 is 0 Å². The molecule has 2 rings (SSSR count). The Morgan fingerprint density at radius 3 is 3.12 bits per heavy atom. The molecular weight excluding hydrogens is 216 g/mol. The van der Waals surface area contributed by atoms with Crippen LogP contribution >= 0.6 is 0 Å². The second kappa shape index (κ2) is 7.31. The fraction of sp³-hybridized carbons (Fsp3) is 1.00. The highest BCUT2D eigenvalue weighted by Crippen LogP contribution is 2.12. The van der Waals surface area contributed by atoms with Crippen LogP contribution in [0.4, 0.5) is 0 Å². The number of likely N-dealkylation sites (tertiary alicyclic amines) is 1. The third-order valence-corrected chi connectivity index (χ3v) is 3.86. The van der Waals surface area contributed by atoms with E-state index in [9.17, 15) is 0 Å². The Kier molecular flexibility index (Phi) is 5.71. The standard InChI is InChI=1S/C13H26N2O2/c1-16-13-3-2-6-15(10-13)7-5-14-9-12-4-8-17-11-12/h12-14H,2-11H2,1H3. The van der Waals surface area contributed by atoms with Gasteiger partial charge in [0, 0.05) is 39.9 Å². The summed E-state index contributed by atoms with van der Waals surface area (Å²) in [7, 11) is 1.83. The Morgan fingerprint density at radius 1 is 1.41 bits per heavy atom. The molecule has 0 aromatic carbocycles. The molecule has 4 heteroatoms. The summed E-state index contributed by atoms with van der Waals surface area (Å²) < 4.78 is 10.8. The fourth-order valence-corrected chi connectivity index (χ4v) is 2.70. The van der Waals surface area contributed by atoms with Gasteiger partial charge in [0.15, 0.2) is 0 Å². The van der Waals surface area contributed by atoms with E-state index in [4.69, 9.17) is 9.47 Å². The molecular formula is C13H26N2O2. The largest absolute Gasteiger partial charge is 0.381 e. The lowest BCUT2D eigenvalue weighted by molar-refractivity contribution is 0.0318. The quantitative estimate of drug-likeness (QED) is 0.696. The average molecular weight is 242 g/mol. The number of nitrogens with one attached hydrogen (secondary N) is 1. The third kappa shape index (κ3) is 4.54. The Bertz CT molecular complexity index is 208. The fourth-order valence-electron chi connectivity index (χ4n) is 2.70. The molecule has 2 unspecified atom stereocenters. The van der Waals surface area contributed by atoms with Gasteiger partial charge in [0.25, 0.3) is 0 Å². The van der Waals surface area contributed by atoms with Gasteiger partial charge in [0.05, 0.1) is 12.7 Å². The first-order valence-electron chi connectivity index (χ1n) is 6.92. The molecule has 2 atom stereocenters. The summed E-state index contributed by atoms with van der Waals surface area (Å²) in [6.45, 7) is 7.58.